The van der Waals surface area contributed by atoms with Crippen LogP contribution in [0.4, 0.5) is 0 Å². The van der Waals surface area contributed by atoms with Gasteiger partial charge in [0.25, 0.3) is 0 Å². The fraction of sp³-hybridized carbons (Fsp3) is 0.750. The van der Waals surface area contributed by atoms with Gasteiger partial charge in [-0.3, -0.25) is 0 Å². The molecule has 0 aromatic carbocycles. The number of rotatable bonds is 10. The number of unbranched alkanes of at least 4 members (excludes halogenated alkanes) is 2. The topological polar surface area (TPSA) is 38.0 Å². The molecule has 0 aliphatic carbocycles. The first-order valence-electron chi connectivity index (χ1n) is 7.24. The molecule has 0 radical (unpaired) electrons. The van der Waals surface area contributed by atoms with E-state index in [1.54, 1.807) is 0 Å². The summed E-state index contributed by atoms with van der Waals surface area (Å²) < 4.78 is 0. The molecule has 3 N–H and O–H groups in total. The SMILES string of the molecule is C=C(C)[C@H](CC(C)C)NC(=C)[C@@H](N)CCCCC. The van der Waals surface area contributed by atoms with E-state index in [9.17, 15) is 0 Å². The van der Waals surface area contributed by atoms with Gasteiger partial charge in [-0.1, -0.05) is 58.8 Å². The van der Waals surface area contributed by atoms with Crippen molar-refractivity contribution in [3.05, 3.63) is 24.4 Å². The number of hydrogen-bond donors (Lipinski definition) is 2. The first-order chi connectivity index (χ1) is 8.38. The van der Waals surface area contributed by atoms with Gasteiger partial charge >= 0.3 is 0 Å². The monoisotopic (exact) mass is 252 g/mol. The maximum atomic E-state index is 6.15. The van der Waals surface area contributed by atoms with E-state index in [0.29, 0.717) is 12.0 Å². The molecule has 0 aromatic rings. The van der Waals surface area contributed by atoms with Crippen LogP contribution in [0.5, 0.6) is 0 Å². The van der Waals surface area contributed by atoms with Crippen molar-refractivity contribution in [3.63, 3.8) is 0 Å². The maximum absolute atomic E-state index is 6.15. The maximum Gasteiger partial charge on any atom is 0.0468 e. The second-order valence-corrected chi connectivity index (χ2v) is 5.80. The summed E-state index contributed by atoms with van der Waals surface area (Å²) in [7, 11) is 0. The van der Waals surface area contributed by atoms with Crippen LogP contribution < -0.4 is 11.1 Å². The van der Waals surface area contributed by atoms with Crippen molar-refractivity contribution in [1.82, 2.24) is 5.32 Å². The highest BCUT2D eigenvalue weighted by Crippen LogP contribution is 2.14. The fourth-order valence-corrected chi connectivity index (χ4v) is 1.97. The molecule has 0 fully saturated rings. The highest BCUT2D eigenvalue weighted by molar-refractivity contribution is 5.11. The lowest BCUT2D eigenvalue weighted by atomic mass is 9.97. The minimum Gasteiger partial charge on any atom is -0.381 e. The largest absolute Gasteiger partial charge is 0.381 e. The van der Waals surface area contributed by atoms with Crippen molar-refractivity contribution >= 4 is 0 Å². The fourth-order valence-electron chi connectivity index (χ4n) is 1.97. The molecule has 0 aromatic heterocycles. The van der Waals surface area contributed by atoms with Gasteiger partial charge in [-0.15, -0.1) is 0 Å². The zero-order chi connectivity index (χ0) is 14.1. The first-order valence-corrected chi connectivity index (χ1v) is 7.24. The summed E-state index contributed by atoms with van der Waals surface area (Å²) in [4.78, 5) is 0. The van der Waals surface area contributed by atoms with Crippen molar-refractivity contribution < 1.29 is 0 Å². The summed E-state index contributed by atoms with van der Waals surface area (Å²) in [6, 6.07) is 0.361. The highest BCUT2D eigenvalue weighted by Gasteiger charge is 2.15. The lowest BCUT2D eigenvalue weighted by Crippen LogP contribution is -2.38. The molecule has 0 rings (SSSR count). The quantitative estimate of drug-likeness (QED) is 0.456. The molecule has 2 atom stereocenters. The predicted octanol–water partition coefficient (Wildman–Crippen LogP) is 3.99. The smallest absolute Gasteiger partial charge is 0.0468 e. The molecule has 0 saturated carbocycles. The third kappa shape index (κ3) is 7.54. The van der Waals surface area contributed by atoms with Crippen molar-refractivity contribution in [3.8, 4) is 0 Å². The van der Waals surface area contributed by atoms with Gasteiger partial charge in [0, 0.05) is 17.8 Å². The predicted molar refractivity (Wildman–Crippen MR) is 82.5 cm³/mol. The van der Waals surface area contributed by atoms with Gasteiger partial charge in [0.05, 0.1) is 0 Å². The van der Waals surface area contributed by atoms with Crippen LogP contribution in [-0.4, -0.2) is 12.1 Å². The van der Waals surface area contributed by atoms with E-state index in [-0.39, 0.29) is 6.04 Å². The molecule has 0 saturated heterocycles. The lowest BCUT2D eigenvalue weighted by molar-refractivity contribution is 0.467. The lowest BCUT2D eigenvalue weighted by Gasteiger charge is -2.26. The van der Waals surface area contributed by atoms with Gasteiger partial charge in [0.1, 0.15) is 0 Å². The standard InChI is InChI=1S/C16H32N2/c1-7-8-9-10-15(17)14(6)18-16(13(4)5)11-12(2)3/h12,15-16,18H,4,6-11,17H2,1-3,5H3/t15-,16-/m0/s1. The van der Waals surface area contributed by atoms with Crippen LogP contribution in [-0.2, 0) is 0 Å². The van der Waals surface area contributed by atoms with Crippen molar-refractivity contribution in [1.29, 1.82) is 0 Å². The van der Waals surface area contributed by atoms with Crippen LogP contribution in [0.1, 0.15) is 59.8 Å². The average molecular weight is 252 g/mol. The van der Waals surface area contributed by atoms with Gasteiger partial charge in [0.15, 0.2) is 0 Å². The molecule has 2 nitrogen and oxygen atoms in total. The molecule has 0 unspecified atom stereocenters. The Morgan fingerprint density at radius 2 is 1.83 bits per heavy atom. The van der Waals surface area contributed by atoms with Gasteiger partial charge in [-0.25, -0.2) is 0 Å². The zero-order valence-corrected chi connectivity index (χ0v) is 12.8. The molecule has 106 valence electrons. The highest BCUT2D eigenvalue weighted by atomic mass is 15.0. The molecular formula is C16H32N2. The van der Waals surface area contributed by atoms with E-state index < -0.39 is 0 Å². The Morgan fingerprint density at radius 1 is 1.22 bits per heavy atom. The van der Waals surface area contributed by atoms with E-state index >= 15 is 0 Å². The summed E-state index contributed by atoms with van der Waals surface area (Å²) >= 11 is 0. The van der Waals surface area contributed by atoms with Gasteiger partial charge in [-0.2, -0.15) is 0 Å². The third-order valence-electron chi connectivity index (χ3n) is 3.23. The number of hydrogen-bond acceptors (Lipinski definition) is 2. The molecule has 2 heteroatoms. The van der Waals surface area contributed by atoms with E-state index in [2.05, 4.69) is 46.2 Å². The number of nitrogens with one attached hydrogen (secondary N) is 1. The summed E-state index contributed by atoms with van der Waals surface area (Å²) in [6.07, 6.45) is 5.76. The minimum absolute atomic E-state index is 0.0607. The second kappa shape index (κ2) is 9.21. The molecule has 0 aliphatic rings. The van der Waals surface area contributed by atoms with Crippen LogP contribution in [0.25, 0.3) is 0 Å². The van der Waals surface area contributed by atoms with Crippen molar-refractivity contribution in [2.75, 3.05) is 0 Å². The summed E-state index contributed by atoms with van der Waals surface area (Å²) in [5.41, 5.74) is 8.26. The Kier molecular flexibility index (Phi) is 8.82. The van der Waals surface area contributed by atoms with Crippen molar-refractivity contribution in [2.45, 2.75) is 71.9 Å². The molecule has 0 bridgehead atoms. The Labute approximate surface area is 114 Å². The molecule has 0 amide bonds. The van der Waals surface area contributed by atoms with Crippen LogP contribution in [0.2, 0.25) is 0 Å². The molecular weight excluding hydrogens is 220 g/mol. The molecule has 0 heterocycles. The van der Waals surface area contributed by atoms with Gasteiger partial charge in [0.2, 0.25) is 0 Å². The van der Waals surface area contributed by atoms with Gasteiger partial charge in [-0.05, 0) is 25.7 Å². The summed E-state index contributed by atoms with van der Waals surface area (Å²) in [5.74, 6) is 0.642. The molecule has 0 aliphatic heterocycles. The van der Waals surface area contributed by atoms with E-state index in [1.807, 2.05) is 0 Å². The third-order valence-corrected chi connectivity index (χ3v) is 3.23. The minimum atomic E-state index is 0.0607. The number of nitrogens with two attached hydrogens (primary N) is 1. The summed E-state index contributed by atoms with van der Waals surface area (Å²) in [5, 5.41) is 3.46. The van der Waals surface area contributed by atoms with Crippen LogP contribution in [0, 0.1) is 5.92 Å². The Bertz CT molecular complexity index is 256. The Balaban J connectivity index is 4.19. The second-order valence-electron chi connectivity index (χ2n) is 5.80. The molecule has 18 heavy (non-hydrogen) atoms. The van der Waals surface area contributed by atoms with Gasteiger partial charge < -0.3 is 11.1 Å². The van der Waals surface area contributed by atoms with Crippen LogP contribution in [0.3, 0.4) is 0 Å². The normalized spacial score (nSPS) is 14.3. The summed E-state index contributed by atoms with van der Waals surface area (Å²) in [6.45, 7) is 16.9. The Morgan fingerprint density at radius 3 is 2.28 bits per heavy atom. The van der Waals surface area contributed by atoms with E-state index in [1.165, 1.54) is 19.3 Å². The average Bonchev–Trinajstić information content (AvgIpc) is 2.27. The first kappa shape index (κ1) is 17.2. The van der Waals surface area contributed by atoms with Crippen LogP contribution >= 0.6 is 0 Å². The van der Waals surface area contributed by atoms with Crippen LogP contribution in [0.15, 0.2) is 24.4 Å². The van der Waals surface area contributed by atoms with E-state index in [4.69, 9.17) is 5.73 Å². The zero-order valence-electron chi connectivity index (χ0n) is 12.8. The molecule has 0 spiro atoms. The van der Waals surface area contributed by atoms with Crippen molar-refractivity contribution in [2.24, 2.45) is 11.7 Å². The Hall–Kier alpha value is -0.760. The van der Waals surface area contributed by atoms with E-state index in [0.717, 1.165) is 24.1 Å².